The average molecular weight is 201 g/mol. The van der Waals surface area contributed by atoms with Gasteiger partial charge in [-0.2, -0.15) is 0 Å². The van der Waals surface area contributed by atoms with Crippen molar-refractivity contribution in [1.82, 2.24) is 0 Å². The molecule has 66 valence electrons. The third-order valence-corrected chi connectivity index (χ3v) is 2.37. The van der Waals surface area contributed by atoms with E-state index in [0.717, 1.165) is 12.8 Å². The van der Waals surface area contributed by atoms with E-state index in [0.29, 0.717) is 5.92 Å². The van der Waals surface area contributed by atoms with Gasteiger partial charge < -0.3 is 10.2 Å². The van der Waals surface area contributed by atoms with E-state index >= 15 is 0 Å². The zero-order valence-corrected chi connectivity index (χ0v) is 7.56. The van der Waals surface area contributed by atoms with Crippen LogP contribution in [0, 0.1) is 5.92 Å². The first-order chi connectivity index (χ1) is 4.90. The van der Waals surface area contributed by atoms with E-state index in [-0.39, 0.29) is 4.33 Å². The number of carboxylic acid groups (broad SMARTS) is 2. The first-order valence-corrected chi connectivity index (χ1v) is 3.95. The minimum atomic E-state index is -1.83. The molecular formula is C6H10Cl2O3. The molecule has 1 unspecified atom stereocenters. The largest absolute Gasteiger partial charge is 0.503 e. The standard InChI is InChI=1S/C5H8Cl2.CH2O3/c1-2-4-3-5(4,6)7;2-1(3)4/h4H,2-3H2,1H3;(H2,2,3,4). The van der Waals surface area contributed by atoms with E-state index in [1.54, 1.807) is 0 Å². The first kappa shape index (κ1) is 10.8. The second kappa shape index (κ2) is 4.02. The van der Waals surface area contributed by atoms with Gasteiger partial charge in [-0.05, 0) is 12.3 Å². The molecule has 0 heterocycles. The van der Waals surface area contributed by atoms with Crippen LogP contribution in [-0.2, 0) is 0 Å². The fraction of sp³-hybridized carbons (Fsp3) is 0.833. The predicted octanol–water partition coefficient (Wildman–Crippen LogP) is 2.81. The summed E-state index contributed by atoms with van der Waals surface area (Å²) in [6.45, 7) is 2.11. The summed E-state index contributed by atoms with van der Waals surface area (Å²) >= 11 is 11.3. The molecule has 0 amide bonds. The topological polar surface area (TPSA) is 57.5 Å². The summed E-state index contributed by atoms with van der Waals surface area (Å²) in [4.78, 5) is 8.56. The number of rotatable bonds is 1. The zero-order chi connectivity index (χ0) is 9.07. The van der Waals surface area contributed by atoms with Gasteiger partial charge in [0.15, 0.2) is 0 Å². The summed E-state index contributed by atoms with van der Waals surface area (Å²) in [5.41, 5.74) is 0. The summed E-state index contributed by atoms with van der Waals surface area (Å²) in [6.07, 6.45) is 0.277. The van der Waals surface area contributed by atoms with E-state index in [9.17, 15) is 0 Å². The SMILES string of the molecule is CCC1CC1(Cl)Cl.O=C(O)O. The van der Waals surface area contributed by atoms with Gasteiger partial charge >= 0.3 is 6.16 Å². The van der Waals surface area contributed by atoms with E-state index in [2.05, 4.69) is 6.92 Å². The molecule has 1 rings (SSSR count). The Labute approximate surface area is 74.9 Å². The Morgan fingerprint density at radius 2 is 1.91 bits per heavy atom. The Bertz CT molecular complexity index is 143. The molecule has 0 radical (unpaired) electrons. The normalized spacial score (nSPS) is 24.8. The van der Waals surface area contributed by atoms with Crippen LogP contribution < -0.4 is 0 Å². The Morgan fingerprint density at radius 3 is 1.91 bits per heavy atom. The second-order valence-corrected chi connectivity index (χ2v) is 3.90. The molecule has 0 aliphatic heterocycles. The number of alkyl halides is 2. The molecule has 1 aliphatic carbocycles. The molecule has 1 saturated carbocycles. The highest BCUT2D eigenvalue weighted by Crippen LogP contribution is 2.54. The van der Waals surface area contributed by atoms with Gasteiger partial charge in [0.05, 0.1) is 0 Å². The van der Waals surface area contributed by atoms with Crippen LogP contribution >= 0.6 is 23.2 Å². The van der Waals surface area contributed by atoms with Crippen molar-refractivity contribution in [1.29, 1.82) is 0 Å². The summed E-state index contributed by atoms with van der Waals surface area (Å²) < 4.78 is -0.339. The fourth-order valence-corrected chi connectivity index (χ4v) is 1.39. The van der Waals surface area contributed by atoms with E-state index < -0.39 is 6.16 Å². The van der Waals surface area contributed by atoms with Crippen molar-refractivity contribution in [3.05, 3.63) is 0 Å². The Kier molecular flexibility index (Phi) is 3.97. The summed E-state index contributed by atoms with van der Waals surface area (Å²) in [6, 6.07) is 0. The highest BCUT2D eigenvalue weighted by molar-refractivity contribution is 6.50. The fourth-order valence-electron chi connectivity index (χ4n) is 0.713. The highest BCUT2D eigenvalue weighted by atomic mass is 35.5. The smallest absolute Gasteiger partial charge is 0.450 e. The summed E-state index contributed by atoms with van der Waals surface area (Å²) in [5.74, 6) is 0.579. The van der Waals surface area contributed by atoms with E-state index in [1.807, 2.05) is 0 Å². The molecule has 3 nitrogen and oxygen atoms in total. The third kappa shape index (κ3) is 5.16. The summed E-state index contributed by atoms with van der Waals surface area (Å²) in [5, 5.41) is 13.9. The van der Waals surface area contributed by atoms with Gasteiger partial charge in [-0.15, -0.1) is 23.2 Å². The van der Waals surface area contributed by atoms with Crippen LogP contribution in [-0.4, -0.2) is 20.7 Å². The van der Waals surface area contributed by atoms with Crippen molar-refractivity contribution in [2.45, 2.75) is 24.1 Å². The molecule has 1 aliphatic rings. The summed E-state index contributed by atoms with van der Waals surface area (Å²) in [7, 11) is 0. The van der Waals surface area contributed by atoms with Crippen LogP contribution in [0.4, 0.5) is 4.79 Å². The predicted molar refractivity (Wildman–Crippen MR) is 43.5 cm³/mol. The number of hydrogen-bond donors (Lipinski definition) is 2. The van der Waals surface area contributed by atoms with Crippen LogP contribution in [0.15, 0.2) is 0 Å². The van der Waals surface area contributed by atoms with Crippen LogP contribution in [0.25, 0.3) is 0 Å². The number of hydrogen-bond acceptors (Lipinski definition) is 1. The van der Waals surface area contributed by atoms with E-state index in [4.69, 9.17) is 38.2 Å². The van der Waals surface area contributed by atoms with E-state index in [1.165, 1.54) is 0 Å². The molecule has 1 atom stereocenters. The van der Waals surface area contributed by atoms with Crippen molar-refractivity contribution in [2.24, 2.45) is 5.92 Å². The Hall–Kier alpha value is -0.150. The molecule has 0 aromatic carbocycles. The minimum absolute atomic E-state index is 0.339. The molecule has 0 bridgehead atoms. The molecule has 5 heteroatoms. The molecule has 2 N–H and O–H groups in total. The lowest BCUT2D eigenvalue weighted by molar-refractivity contribution is 0.137. The average Bonchev–Trinajstić information content (AvgIpc) is 2.38. The molecule has 1 fully saturated rings. The molecule has 11 heavy (non-hydrogen) atoms. The lowest BCUT2D eigenvalue weighted by Crippen LogP contribution is -1.85. The van der Waals surface area contributed by atoms with Gasteiger partial charge in [-0.3, -0.25) is 0 Å². The maximum Gasteiger partial charge on any atom is 0.503 e. The maximum atomic E-state index is 8.56. The molecule has 0 aromatic rings. The quantitative estimate of drug-likeness (QED) is 0.641. The van der Waals surface area contributed by atoms with Crippen LogP contribution in [0.5, 0.6) is 0 Å². The first-order valence-electron chi connectivity index (χ1n) is 3.20. The van der Waals surface area contributed by atoms with Gasteiger partial charge in [0.1, 0.15) is 4.33 Å². The highest BCUT2D eigenvalue weighted by Gasteiger charge is 2.49. The van der Waals surface area contributed by atoms with Crippen LogP contribution in [0.2, 0.25) is 0 Å². The lowest BCUT2D eigenvalue weighted by atomic mass is 10.3. The maximum absolute atomic E-state index is 8.56. The molecule has 0 saturated heterocycles. The molecular weight excluding hydrogens is 191 g/mol. The third-order valence-electron chi connectivity index (χ3n) is 1.45. The number of carbonyl (C=O) groups is 1. The second-order valence-electron chi connectivity index (χ2n) is 2.35. The zero-order valence-electron chi connectivity index (χ0n) is 6.05. The minimum Gasteiger partial charge on any atom is -0.450 e. The van der Waals surface area contributed by atoms with Crippen molar-refractivity contribution < 1.29 is 15.0 Å². The van der Waals surface area contributed by atoms with Gasteiger partial charge in [-0.25, -0.2) is 4.79 Å². The van der Waals surface area contributed by atoms with Crippen molar-refractivity contribution in [2.75, 3.05) is 0 Å². The Morgan fingerprint density at radius 1 is 1.64 bits per heavy atom. The van der Waals surface area contributed by atoms with Crippen LogP contribution in [0.1, 0.15) is 19.8 Å². The van der Waals surface area contributed by atoms with Gasteiger partial charge in [0.25, 0.3) is 0 Å². The van der Waals surface area contributed by atoms with Gasteiger partial charge in [0.2, 0.25) is 0 Å². The molecule has 0 spiro atoms. The van der Waals surface area contributed by atoms with Crippen molar-refractivity contribution >= 4 is 29.4 Å². The van der Waals surface area contributed by atoms with Crippen molar-refractivity contribution in [3.63, 3.8) is 0 Å². The molecule has 0 aromatic heterocycles. The van der Waals surface area contributed by atoms with Gasteiger partial charge in [0, 0.05) is 0 Å². The Balaban J connectivity index is 0.000000218. The number of halogens is 2. The monoisotopic (exact) mass is 200 g/mol. The van der Waals surface area contributed by atoms with Gasteiger partial charge in [-0.1, -0.05) is 13.3 Å². The van der Waals surface area contributed by atoms with Crippen molar-refractivity contribution in [3.8, 4) is 0 Å². The lowest BCUT2D eigenvalue weighted by Gasteiger charge is -1.90. The van der Waals surface area contributed by atoms with Crippen LogP contribution in [0.3, 0.4) is 0 Å².